The third kappa shape index (κ3) is 4.85. The predicted octanol–water partition coefficient (Wildman–Crippen LogP) is 0.812. The van der Waals surface area contributed by atoms with E-state index in [1.54, 1.807) is 0 Å². The maximum absolute atomic E-state index is 11.4. The van der Waals surface area contributed by atoms with E-state index in [2.05, 4.69) is 22.1 Å². The normalized spacial score (nSPS) is 19.1. The van der Waals surface area contributed by atoms with E-state index in [9.17, 15) is 8.42 Å². The molecule has 1 fully saturated rings. The maximum atomic E-state index is 11.4. The van der Waals surface area contributed by atoms with Gasteiger partial charge in [0, 0.05) is 26.2 Å². The lowest BCUT2D eigenvalue weighted by molar-refractivity contribution is 0.284. The van der Waals surface area contributed by atoms with Crippen LogP contribution in [0.2, 0.25) is 0 Å². The lowest BCUT2D eigenvalue weighted by Gasteiger charge is -2.26. The first-order valence-corrected chi connectivity index (χ1v) is 8.99. The molecule has 5 nitrogen and oxygen atoms in total. The summed E-state index contributed by atoms with van der Waals surface area (Å²) in [4.78, 5) is 6.78. The molecular formula is C14H23N3O2S. The van der Waals surface area contributed by atoms with Crippen molar-refractivity contribution in [2.45, 2.75) is 26.4 Å². The molecule has 0 atom stereocenters. The summed E-state index contributed by atoms with van der Waals surface area (Å²) in [5, 5.41) is 3.34. The molecule has 0 amide bonds. The summed E-state index contributed by atoms with van der Waals surface area (Å²) in [5.74, 6) is 0.537. The summed E-state index contributed by atoms with van der Waals surface area (Å²) in [6, 6.07) is 6.05. The summed E-state index contributed by atoms with van der Waals surface area (Å²) in [5.41, 5.74) is 2.06. The van der Waals surface area contributed by atoms with E-state index in [1.807, 2.05) is 18.2 Å². The van der Waals surface area contributed by atoms with Crippen LogP contribution in [0.15, 0.2) is 18.2 Å². The smallest absolute Gasteiger partial charge is 0.152 e. The SMILES string of the molecule is CCCNCc1cccc(CN2CCS(=O)(=O)CC2)n1. The third-order valence-corrected chi connectivity index (χ3v) is 5.03. The van der Waals surface area contributed by atoms with Gasteiger partial charge in [-0.3, -0.25) is 9.88 Å². The number of hydrogen-bond acceptors (Lipinski definition) is 5. The van der Waals surface area contributed by atoms with Gasteiger partial charge in [0.1, 0.15) is 0 Å². The highest BCUT2D eigenvalue weighted by Gasteiger charge is 2.21. The molecule has 0 saturated carbocycles. The molecule has 0 aromatic carbocycles. The molecule has 0 spiro atoms. The van der Waals surface area contributed by atoms with Gasteiger partial charge in [0.2, 0.25) is 0 Å². The third-order valence-electron chi connectivity index (χ3n) is 3.42. The minimum atomic E-state index is -2.80. The van der Waals surface area contributed by atoms with Gasteiger partial charge in [0.15, 0.2) is 9.84 Å². The van der Waals surface area contributed by atoms with Crippen molar-refractivity contribution in [1.82, 2.24) is 15.2 Å². The minimum absolute atomic E-state index is 0.269. The molecule has 0 radical (unpaired) electrons. The first kappa shape index (κ1) is 15.4. The zero-order valence-corrected chi connectivity index (χ0v) is 12.8. The van der Waals surface area contributed by atoms with Crippen LogP contribution >= 0.6 is 0 Å². The van der Waals surface area contributed by atoms with E-state index in [-0.39, 0.29) is 11.5 Å². The van der Waals surface area contributed by atoms with E-state index in [0.29, 0.717) is 13.1 Å². The van der Waals surface area contributed by atoms with Crippen molar-refractivity contribution >= 4 is 9.84 Å². The number of nitrogens with one attached hydrogen (secondary N) is 1. The summed E-state index contributed by atoms with van der Waals surface area (Å²) in [6.07, 6.45) is 1.11. The van der Waals surface area contributed by atoms with E-state index in [1.165, 1.54) is 0 Å². The molecule has 1 saturated heterocycles. The zero-order chi connectivity index (χ0) is 14.4. The van der Waals surface area contributed by atoms with Crippen LogP contribution in [0.25, 0.3) is 0 Å². The Hall–Kier alpha value is -0.980. The van der Waals surface area contributed by atoms with Crippen LogP contribution in [0.5, 0.6) is 0 Å². The Labute approximate surface area is 121 Å². The van der Waals surface area contributed by atoms with Crippen LogP contribution in [0.1, 0.15) is 24.7 Å². The lowest BCUT2D eigenvalue weighted by atomic mass is 10.2. The summed E-state index contributed by atoms with van der Waals surface area (Å²) in [7, 11) is -2.80. The van der Waals surface area contributed by atoms with Crippen molar-refractivity contribution in [3.8, 4) is 0 Å². The molecule has 0 bridgehead atoms. The monoisotopic (exact) mass is 297 g/mol. The Balaban J connectivity index is 1.88. The van der Waals surface area contributed by atoms with Crippen LogP contribution < -0.4 is 5.32 Å². The second-order valence-electron chi connectivity index (χ2n) is 5.23. The Morgan fingerprint density at radius 3 is 2.65 bits per heavy atom. The molecular weight excluding hydrogens is 274 g/mol. The quantitative estimate of drug-likeness (QED) is 0.787. The second-order valence-corrected chi connectivity index (χ2v) is 7.53. The zero-order valence-electron chi connectivity index (χ0n) is 12.0. The fourth-order valence-electron chi connectivity index (χ4n) is 2.25. The van der Waals surface area contributed by atoms with E-state index < -0.39 is 9.84 Å². The molecule has 20 heavy (non-hydrogen) atoms. The van der Waals surface area contributed by atoms with Gasteiger partial charge >= 0.3 is 0 Å². The van der Waals surface area contributed by atoms with Gasteiger partial charge in [-0.1, -0.05) is 13.0 Å². The fraction of sp³-hybridized carbons (Fsp3) is 0.643. The highest BCUT2D eigenvalue weighted by molar-refractivity contribution is 7.91. The average Bonchev–Trinajstić information content (AvgIpc) is 2.42. The molecule has 1 N–H and O–H groups in total. The summed E-state index contributed by atoms with van der Waals surface area (Å²) >= 11 is 0. The van der Waals surface area contributed by atoms with Gasteiger partial charge < -0.3 is 5.32 Å². The molecule has 1 aliphatic heterocycles. The standard InChI is InChI=1S/C14H23N3O2S/c1-2-6-15-11-13-4-3-5-14(16-13)12-17-7-9-20(18,19)10-8-17/h3-5,15H,2,6-12H2,1H3. The Morgan fingerprint density at radius 1 is 1.25 bits per heavy atom. The first-order valence-electron chi connectivity index (χ1n) is 7.17. The number of nitrogens with zero attached hydrogens (tertiary/aromatic N) is 2. The molecule has 6 heteroatoms. The van der Waals surface area contributed by atoms with Gasteiger partial charge in [0.25, 0.3) is 0 Å². The molecule has 1 aliphatic rings. The van der Waals surface area contributed by atoms with Gasteiger partial charge in [-0.05, 0) is 25.1 Å². The Kier molecular flexibility index (Phi) is 5.51. The summed E-state index contributed by atoms with van der Waals surface area (Å²) in [6.45, 7) is 5.88. The molecule has 112 valence electrons. The van der Waals surface area contributed by atoms with Crippen molar-refractivity contribution in [3.63, 3.8) is 0 Å². The van der Waals surface area contributed by atoms with Crippen molar-refractivity contribution in [2.75, 3.05) is 31.1 Å². The first-order chi connectivity index (χ1) is 9.59. The molecule has 1 aromatic heterocycles. The van der Waals surface area contributed by atoms with Gasteiger partial charge in [-0.2, -0.15) is 0 Å². The van der Waals surface area contributed by atoms with E-state index in [4.69, 9.17) is 0 Å². The highest BCUT2D eigenvalue weighted by atomic mass is 32.2. The van der Waals surface area contributed by atoms with E-state index in [0.717, 1.165) is 37.4 Å². The predicted molar refractivity (Wildman–Crippen MR) is 80.2 cm³/mol. The number of rotatable bonds is 6. The number of hydrogen-bond donors (Lipinski definition) is 1. The molecule has 0 unspecified atom stereocenters. The molecule has 2 heterocycles. The van der Waals surface area contributed by atoms with Gasteiger partial charge in [-0.25, -0.2) is 8.42 Å². The van der Waals surface area contributed by atoms with Crippen molar-refractivity contribution in [1.29, 1.82) is 0 Å². The van der Waals surface area contributed by atoms with Crippen molar-refractivity contribution in [2.24, 2.45) is 0 Å². The lowest BCUT2D eigenvalue weighted by Crippen LogP contribution is -2.39. The molecule has 2 rings (SSSR count). The number of pyridine rings is 1. The fourth-order valence-corrected chi connectivity index (χ4v) is 3.52. The molecule has 0 aliphatic carbocycles. The molecule has 1 aromatic rings. The minimum Gasteiger partial charge on any atom is -0.311 e. The maximum Gasteiger partial charge on any atom is 0.152 e. The number of aromatic nitrogens is 1. The second kappa shape index (κ2) is 7.15. The van der Waals surface area contributed by atoms with Gasteiger partial charge in [0.05, 0.1) is 22.9 Å². The topological polar surface area (TPSA) is 62.3 Å². The van der Waals surface area contributed by atoms with Crippen LogP contribution in [0.3, 0.4) is 0 Å². The van der Waals surface area contributed by atoms with Crippen LogP contribution in [-0.4, -0.2) is 49.4 Å². The Bertz CT molecular complexity index is 517. The summed E-state index contributed by atoms with van der Waals surface area (Å²) < 4.78 is 22.8. The van der Waals surface area contributed by atoms with Crippen LogP contribution in [0, 0.1) is 0 Å². The van der Waals surface area contributed by atoms with Crippen molar-refractivity contribution in [3.05, 3.63) is 29.6 Å². The van der Waals surface area contributed by atoms with Crippen LogP contribution in [0.4, 0.5) is 0 Å². The van der Waals surface area contributed by atoms with E-state index >= 15 is 0 Å². The largest absolute Gasteiger partial charge is 0.311 e. The highest BCUT2D eigenvalue weighted by Crippen LogP contribution is 2.09. The van der Waals surface area contributed by atoms with Crippen molar-refractivity contribution < 1.29 is 8.42 Å². The average molecular weight is 297 g/mol. The van der Waals surface area contributed by atoms with Gasteiger partial charge in [-0.15, -0.1) is 0 Å². The Morgan fingerprint density at radius 2 is 1.95 bits per heavy atom. The van der Waals surface area contributed by atoms with Crippen LogP contribution in [-0.2, 0) is 22.9 Å². The number of sulfone groups is 1.